The number of rotatable bonds is 5. The Morgan fingerprint density at radius 2 is 1.88 bits per heavy atom. The van der Waals surface area contributed by atoms with Crippen molar-refractivity contribution in [3.05, 3.63) is 59.1 Å². The highest BCUT2D eigenvalue weighted by molar-refractivity contribution is 7.15. The first-order valence-corrected chi connectivity index (χ1v) is 8.39. The van der Waals surface area contributed by atoms with Crippen LogP contribution in [0.1, 0.15) is 10.4 Å². The predicted octanol–water partition coefficient (Wildman–Crippen LogP) is 2.90. The van der Waals surface area contributed by atoms with E-state index in [0.717, 1.165) is 21.2 Å². The molecule has 0 aliphatic rings. The standard InChI is InChI=1S/C18H17N3O2S/c1-12-10-20-18(24-12)21-17(23)11-19-16(22)9-14-7-4-6-13-5-2-3-8-15(13)14/h2-8,10H,9,11H2,1H3,(H,19,22)(H,20,21,23). The van der Waals surface area contributed by atoms with Crippen LogP contribution in [-0.2, 0) is 16.0 Å². The van der Waals surface area contributed by atoms with E-state index in [9.17, 15) is 9.59 Å². The number of anilines is 1. The molecule has 6 heteroatoms. The Kier molecular flexibility index (Phi) is 4.86. The second-order valence-electron chi connectivity index (χ2n) is 5.42. The minimum absolute atomic E-state index is 0.0672. The molecule has 0 bridgehead atoms. The Hall–Kier alpha value is -2.73. The van der Waals surface area contributed by atoms with Gasteiger partial charge in [-0.05, 0) is 23.3 Å². The molecule has 5 nitrogen and oxygen atoms in total. The summed E-state index contributed by atoms with van der Waals surface area (Å²) in [5.41, 5.74) is 0.946. The summed E-state index contributed by atoms with van der Waals surface area (Å²) >= 11 is 1.40. The highest BCUT2D eigenvalue weighted by atomic mass is 32.1. The van der Waals surface area contributed by atoms with Gasteiger partial charge in [-0.15, -0.1) is 11.3 Å². The molecule has 0 aliphatic heterocycles. The van der Waals surface area contributed by atoms with E-state index < -0.39 is 0 Å². The number of hydrogen-bond donors (Lipinski definition) is 2. The van der Waals surface area contributed by atoms with E-state index in [1.165, 1.54) is 11.3 Å². The van der Waals surface area contributed by atoms with Gasteiger partial charge >= 0.3 is 0 Å². The molecule has 0 saturated carbocycles. The van der Waals surface area contributed by atoms with Crippen LogP contribution < -0.4 is 10.6 Å². The Morgan fingerprint density at radius 1 is 1.08 bits per heavy atom. The third kappa shape index (κ3) is 3.97. The van der Waals surface area contributed by atoms with Crippen LogP contribution in [0.4, 0.5) is 5.13 Å². The molecule has 2 amide bonds. The fourth-order valence-electron chi connectivity index (χ4n) is 2.44. The lowest BCUT2D eigenvalue weighted by molar-refractivity contribution is -0.123. The van der Waals surface area contributed by atoms with Gasteiger partial charge in [-0.3, -0.25) is 9.59 Å². The molecule has 0 atom stereocenters. The van der Waals surface area contributed by atoms with Crippen molar-refractivity contribution in [1.29, 1.82) is 0 Å². The number of fused-ring (bicyclic) bond motifs is 1. The van der Waals surface area contributed by atoms with E-state index >= 15 is 0 Å². The maximum Gasteiger partial charge on any atom is 0.245 e. The van der Waals surface area contributed by atoms with Gasteiger partial charge in [0.2, 0.25) is 11.8 Å². The van der Waals surface area contributed by atoms with E-state index in [2.05, 4.69) is 15.6 Å². The summed E-state index contributed by atoms with van der Waals surface area (Å²) < 4.78 is 0. The van der Waals surface area contributed by atoms with Crippen molar-refractivity contribution in [2.45, 2.75) is 13.3 Å². The molecule has 0 spiro atoms. The molecule has 2 aromatic carbocycles. The van der Waals surface area contributed by atoms with Gasteiger partial charge in [0.1, 0.15) is 0 Å². The molecule has 0 aliphatic carbocycles. The van der Waals surface area contributed by atoms with Crippen molar-refractivity contribution in [3.8, 4) is 0 Å². The fourth-order valence-corrected chi connectivity index (χ4v) is 3.12. The number of aromatic nitrogens is 1. The van der Waals surface area contributed by atoms with E-state index in [1.54, 1.807) is 6.20 Å². The number of carbonyl (C=O) groups is 2. The van der Waals surface area contributed by atoms with Crippen LogP contribution in [-0.4, -0.2) is 23.3 Å². The van der Waals surface area contributed by atoms with E-state index in [1.807, 2.05) is 49.4 Å². The van der Waals surface area contributed by atoms with Gasteiger partial charge in [0.05, 0.1) is 13.0 Å². The topological polar surface area (TPSA) is 71.1 Å². The molecule has 3 aromatic rings. The largest absolute Gasteiger partial charge is 0.347 e. The molecule has 0 unspecified atom stereocenters. The van der Waals surface area contributed by atoms with Crippen molar-refractivity contribution in [3.63, 3.8) is 0 Å². The van der Waals surface area contributed by atoms with E-state index in [-0.39, 0.29) is 24.8 Å². The summed E-state index contributed by atoms with van der Waals surface area (Å²) in [6.07, 6.45) is 1.93. The van der Waals surface area contributed by atoms with Crippen molar-refractivity contribution >= 4 is 39.1 Å². The maximum atomic E-state index is 12.1. The molecular formula is C18H17N3O2S. The number of nitrogens with one attached hydrogen (secondary N) is 2. The predicted molar refractivity (Wildman–Crippen MR) is 96.1 cm³/mol. The Bertz CT molecular complexity index is 883. The van der Waals surface area contributed by atoms with Gasteiger partial charge < -0.3 is 10.6 Å². The Balaban J connectivity index is 1.56. The average molecular weight is 339 g/mol. The highest BCUT2D eigenvalue weighted by Gasteiger charge is 2.10. The fraction of sp³-hybridized carbons (Fsp3) is 0.167. The zero-order valence-corrected chi connectivity index (χ0v) is 14.0. The molecular weight excluding hydrogens is 322 g/mol. The number of hydrogen-bond acceptors (Lipinski definition) is 4. The van der Waals surface area contributed by atoms with Gasteiger partial charge in [0, 0.05) is 11.1 Å². The number of aryl methyl sites for hydroxylation is 1. The van der Waals surface area contributed by atoms with Crippen molar-refractivity contribution < 1.29 is 9.59 Å². The van der Waals surface area contributed by atoms with Gasteiger partial charge in [0.25, 0.3) is 0 Å². The monoisotopic (exact) mass is 339 g/mol. The third-order valence-corrected chi connectivity index (χ3v) is 4.37. The molecule has 1 heterocycles. The third-order valence-electron chi connectivity index (χ3n) is 3.54. The van der Waals surface area contributed by atoms with Crippen LogP contribution in [0.2, 0.25) is 0 Å². The lowest BCUT2D eigenvalue weighted by atomic mass is 10.0. The lowest BCUT2D eigenvalue weighted by Crippen LogP contribution is -2.33. The number of carbonyl (C=O) groups excluding carboxylic acids is 2. The minimum atomic E-state index is -0.282. The van der Waals surface area contributed by atoms with E-state index in [4.69, 9.17) is 0 Å². The number of thiazole rings is 1. The summed E-state index contributed by atoms with van der Waals surface area (Å²) in [5.74, 6) is -0.465. The first-order chi connectivity index (χ1) is 11.6. The van der Waals surface area contributed by atoms with Crippen LogP contribution in [0.3, 0.4) is 0 Å². The van der Waals surface area contributed by atoms with Crippen molar-refractivity contribution in [2.75, 3.05) is 11.9 Å². The van der Waals surface area contributed by atoms with Gasteiger partial charge in [-0.2, -0.15) is 0 Å². The smallest absolute Gasteiger partial charge is 0.245 e. The number of nitrogens with zero attached hydrogens (tertiary/aromatic N) is 1. The molecule has 0 radical (unpaired) electrons. The molecule has 24 heavy (non-hydrogen) atoms. The SMILES string of the molecule is Cc1cnc(NC(=O)CNC(=O)Cc2cccc3ccccc23)s1. The van der Waals surface area contributed by atoms with Gasteiger partial charge in [0.15, 0.2) is 5.13 Å². The summed E-state index contributed by atoms with van der Waals surface area (Å²) in [6.45, 7) is 1.85. The zero-order chi connectivity index (χ0) is 16.9. The normalized spacial score (nSPS) is 10.5. The van der Waals surface area contributed by atoms with Crippen LogP contribution in [0, 0.1) is 6.92 Å². The molecule has 0 saturated heterocycles. The van der Waals surface area contributed by atoms with Crippen LogP contribution >= 0.6 is 11.3 Å². The van der Waals surface area contributed by atoms with Gasteiger partial charge in [-0.1, -0.05) is 42.5 Å². The first kappa shape index (κ1) is 16.1. The average Bonchev–Trinajstić information content (AvgIpc) is 2.98. The van der Waals surface area contributed by atoms with Crippen LogP contribution in [0.15, 0.2) is 48.7 Å². The second-order valence-corrected chi connectivity index (χ2v) is 6.65. The highest BCUT2D eigenvalue weighted by Crippen LogP contribution is 2.19. The van der Waals surface area contributed by atoms with Crippen molar-refractivity contribution in [2.24, 2.45) is 0 Å². The second kappa shape index (κ2) is 7.23. The summed E-state index contributed by atoms with van der Waals surface area (Å²) in [5, 5.41) is 8.01. The molecule has 3 rings (SSSR count). The zero-order valence-electron chi connectivity index (χ0n) is 13.2. The minimum Gasteiger partial charge on any atom is -0.347 e. The first-order valence-electron chi connectivity index (χ1n) is 7.57. The van der Waals surface area contributed by atoms with E-state index in [0.29, 0.717) is 5.13 Å². The number of benzene rings is 2. The molecule has 1 aromatic heterocycles. The Labute approximate surface area is 143 Å². The molecule has 122 valence electrons. The molecule has 0 fully saturated rings. The molecule has 2 N–H and O–H groups in total. The lowest BCUT2D eigenvalue weighted by Gasteiger charge is -2.08. The van der Waals surface area contributed by atoms with Crippen LogP contribution in [0.25, 0.3) is 10.8 Å². The quantitative estimate of drug-likeness (QED) is 0.751. The Morgan fingerprint density at radius 3 is 2.67 bits per heavy atom. The number of amides is 2. The van der Waals surface area contributed by atoms with Crippen molar-refractivity contribution in [1.82, 2.24) is 10.3 Å². The van der Waals surface area contributed by atoms with Gasteiger partial charge in [-0.25, -0.2) is 4.98 Å². The summed E-state index contributed by atoms with van der Waals surface area (Å²) in [6, 6.07) is 13.8. The summed E-state index contributed by atoms with van der Waals surface area (Å²) in [4.78, 5) is 29.0. The van der Waals surface area contributed by atoms with Crippen LogP contribution in [0.5, 0.6) is 0 Å². The maximum absolute atomic E-state index is 12.1. The summed E-state index contributed by atoms with van der Waals surface area (Å²) in [7, 11) is 0.